The van der Waals surface area contributed by atoms with Crippen molar-refractivity contribution in [2.45, 2.75) is 25.3 Å². The van der Waals surface area contributed by atoms with Gasteiger partial charge in [0.25, 0.3) is 15.9 Å². The Kier molecular flexibility index (Phi) is 7.57. The van der Waals surface area contributed by atoms with Crippen molar-refractivity contribution >= 4 is 49.1 Å². The fraction of sp³-hybridized carbons (Fsp3) is 0.148. The van der Waals surface area contributed by atoms with Gasteiger partial charge in [-0.15, -0.1) is 6.42 Å². The number of benzene rings is 3. The van der Waals surface area contributed by atoms with Crippen molar-refractivity contribution in [1.82, 2.24) is 4.57 Å². The monoisotopic (exact) mass is 533 g/mol. The number of nitrogens with one attached hydrogen (secondary N) is 1. The van der Waals surface area contributed by atoms with Crippen LogP contribution in [0.3, 0.4) is 0 Å². The number of carbonyl (C=O) groups is 2. The number of sulfonamides is 1. The van der Waals surface area contributed by atoms with Crippen molar-refractivity contribution in [2.24, 2.45) is 4.99 Å². The van der Waals surface area contributed by atoms with E-state index in [0.29, 0.717) is 15.1 Å². The molecular formula is C27H23N3O5S2. The summed E-state index contributed by atoms with van der Waals surface area (Å²) in [6.45, 7) is 4.02. The summed E-state index contributed by atoms with van der Waals surface area (Å²) in [4.78, 5) is 29.9. The van der Waals surface area contributed by atoms with E-state index < -0.39 is 21.9 Å². The van der Waals surface area contributed by atoms with Gasteiger partial charge in [0.15, 0.2) is 4.80 Å². The number of rotatable bonds is 7. The SMILES string of the molecule is C#CCn1c(=NC(=O)c2cccc(NS(=O)(=O)c3ccc(C)cc3)c2)sc2cc(C(=O)OCC)ccc21. The predicted octanol–water partition coefficient (Wildman–Crippen LogP) is 4.36. The van der Waals surface area contributed by atoms with E-state index in [-0.39, 0.29) is 29.3 Å². The lowest BCUT2D eigenvalue weighted by Crippen LogP contribution is -2.17. The maximum atomic E-state index is 13.1. The van der Waals surface area contributed by atoms with E-state index in [1.165, 1.54) is 29.5 Å². The zero-order valence-electron chi connectivity index (χ0n) is 20.1. The Morgan fingerprint density at radius 3 is 2.54 bits per heavy atom. The van der Waals surface area contributed by atoms with Crippen molar-refractivity contribution in [2.75, 3.05) is 11.3 Å². The van der Waals surface area contributed by atoms with E-state index in [1.807, 2.05) is 6.92 Å². The van der Waals surface area contributed by atoms with Crippen LogP contribution < -0.4 is 9.52 Å². The molecule has 188 valence electrons. The van der Waals surface area contributed by atoms with E-state index in [9.17, 15) is 18.0 Å². The summed E-state index contributed by atoms with van der Waals surface area (Å²) in [5.74, 6) is 1.54. The molecular weight excluding hydrogens is 510 g/mol. The van der Waals surface area contributed by atoms with Gasteiger partial charge in [-0.1, -0.05) is 41.0 Å². The normalized spacial score (nSPS) is 11.8. The summed E-state index contributed by atoms with van der Waals surface area (Å²) < 4.78 is 35.5. The number of nitrogens with zero attached hydrogens (tertiary/aromatic N) is 2. The average molecular weight is 534 g/mol. The standard InChI is InChI=1S/C27H23N3O5S2/c1-4-15-30-23-14-11-20(26(32)35-5-2)17-24(23)36-27(30)28-25(31)19-7-6-8-21(16-19)29-37(33,34)22-12-9-18(3)10-13-22/h1,6-14,16-17,29H,5,15H2,2-3H3. The van der Waals surface area contributed by atoms with Crippen LogP contribution >= 0.6 is 11.3 Å². The fourth-order valence-corrected chi connectivity index (χ4v) is 5.66. The summed E-state index contributed by atoms with van der Waals surface area (Å²) in [6.07, 6.45) is 5.54. The molecule has 1 aromatic heterocycles. The minimum Gasteiger partial charge on any atom is -0.462 e. The number of aryl methyl sites for hydroxylation is 1. The number of fused-ring (bicyclic) bond motifs is 1. The number of hydrogen-bond acceptors (Lipinski definition) is 6. The minimum atomic E-state index is -3.83. The van der Waals surface area contributed by atoms with Crippen LogP contribution in [0.25, 0.3) is 10.2 Å². The molecule has 0 atom stereocenters. The molecule has 0 saturated carbocycles. The highest BCUT2D eigenvalue weighted by molar-refractivity contribution is 7.92. The van der Waals surface area contributed by atoms with Gasteiger partial charge in [-0.05, 0) is 62.4 Å². The highest BCUT2D eigenvalue weighted by Crippen LogP contribution is 2.21. The Labute approximate surface area is 218 Å². The van der Waals surface area contributed by atoms with Crippen LogP contribution in [0.4, 0.5) is 5.69 Å². The number of terminal acetylenes is 1. The van der Waals surface area contributed by atoms with Gasteiger partial charge in [0, 0.05) is 11.3 Å². The van der Waals surface area contributed by atoms with Gasteiger partial charge in [0.1, 0.15) is 0 Å². The third-order valence-corrected chi connectivity index (χ3v) is 7.77. The van der Waals surface area contributed by atoms with Gasteiger partial charge in [-0.25, -0.2) is 13.2 Å². The van der Waals surface area contributed by atoms with Gasteiger partial charge in [0.05, 0.1) is 33.8 Å². The number of aromatic nitrogens is 1. The van der Waals surface area contributed by atoms with Gasteiger partial charge in [0.2, 0.25) is 0 Å². The summed E-state index contributed by atoms with van der Waals surface area (Å²) in [5.41, 5.74) is 2.47. The molecule has 4 aromatic rings. The van der Waals surface area contributed by atoms with Gasteiger partial charge >= 0.3 is 5.97 Å². The van der Waals surface area contributed by atoms with Crippen molar-refractivity contribution in [3.05, 3.63) is 88.2 Å². The van der Waals surface area contributed by atoms with E-state index >= 15 is 0 Å². The molecule has 37 heavy (non-hydrogen) atoms. The Hall–Kier alpha value is -4.20. The van der Waals surface area contributed by atoms with Crippen LogP contribution in [0.2, 0.25) is 0 Å². The van der Waals surface area contributed by atoms with Crippen molar-refractivity contribution in [1.29, 1.82) is 0 Å². The Morgan fingerprint density at radius 2 is 1.84 bits per heavy atom. The molecule has 0 aliphatic heterocycles. The topological polar surface area (TPSA) is 107 Å². The van der Waals surface area contributed by atoms with Crippen LogP contribution in [0.5, 0.6) is 0 Å². The first-order chi connectivity index (χ1) is 17.7. The van der Waals surface area contributed by atoms with E-state index in [4.69, 9.17) is 11.2 Å². The molecule has 0 spiro atoms. The molecule has 0 saturated heterocycles. The fourth-order valence-electron chi connectivity index (χ4n) is 3.54. The number of anilines is 1. The number of hydrogen-bond donors (Lipinski definition) is 1. The van der Waals surface area contributed by atoms with Crippen LogP contribution in [-0.2, 0) is 21.3 Å². The Bertz CT molecular complexity index is 1710. The van der Waals surface area contributed by atoms with Crippen molar-refractivity contribution in [3.63, 3.8) is 0 Å². The lowest BCUT2D eigenvalue weighted by molar-refractivity contribution is 0.0526. The van der Waals surface area contributed by atoms with Gasteiger partial charge in [-0.2, -0.15) is 4.99 Å². The van der Waals surface area contributed by atoms with Gasteiger partial charge < -0.3 is 9.30 Å². The average Bonchev–Trinajstić information content (AvgIpc) is 3.20. The highest BCUT2D eigenvalue weighted by atomic mass is 32.2. The van der Waals surface area contributed by atoms with Gasteiger partial charge in [-0.3, -0.25) is 9.52 Å². The maximum absolute atomic E-state index is 13.1. The molecule has 0 radical (unpaired) electrons. The summed E-state index contributed by atoms with van der Waals surface area (Å²) in [7, 11) is -3.83. The molecule has 3 aromatic carbocycles. The highest BCUT2D eigenvalue weighted by Gasteiger charge is 2.16. The maximum Gasteiger partial charge on any atom is 0.338 e. The Balaban J connectivity index is 1.67. The first-order valence-corrected chi connectivity index (χ1v) is 13.5. The summed E-state index contributed by atoms with van der Waals surface area (Å²) >= 11 is 1.21. The molecule has 0 fully saturated rings. The molecule has 1 heterocycles. The number of thiazole rings is 1. The number of ether oxygens (including phenoxy) is 1. The molecule has 0 aliphatic carbocycles. The van der Waals surface area contributed by atoms with E-state index in [1.54, 1.807) is 60.0 Å². The minimum absolute atomic E-state index is 0.113. The molecule has 4 rings (SSSR count). The molecule has 0 unspecified atom stereocenters. The van der Waals surface area contributed by atoms with Crippen LogP contribution in [0.15, 0.2) is 76.6 Å². The molecule has 10 heteroatoms. The molecule has 1 amide bonds. The molecule has 1 N–H and O–H groups in total. The number of esters is 1. The first-order valence-electron chi connectivity index (χ1n) is 11.2. The second-order valence-corrected chi connectivity index (χ2v) is 10.7. The zero-order chi connectivity index (χ0) is 26.6. The number of carbonyl (C=O) groups excluding carboxylic acids is 2. The third-order valence-electron chi connectivity index (χ3n) is 5.33. The van der Waals surface area contributed by atoms with E-state index in [0.717, 1.165) is 11.1 Å². The molecule has 0 bridgehead atoms. The third kappa shape index (κ3) is 5.80. The summed E-state index contributed by atoms with van der Waals surface area (Å²) in [5, 5.41) is 0. The summed E-state index contributed by atoms with van der Waals surface area (Å²) in [6, 6.07) is 17.6. The lowest BCUT2D eigenvalue weighted by Gasteiger charge is -2.09. The smallest absolute Gasteiger partial charge is 0.338 e. The van der Waals surface area contributed by atoms with Crippen LogP contribution in [-0.4, -0.2) is 31.5 Å². The zero-order valence-corrected chi connectivity index (χ0v) is 21.7. The second-order valence-electron chi connectivity index (χ2n) is 7.99. The predicted molar refractivity (Wildman–Crippen MR) is 143 cm³/mol. The largest absolute Gasteiger partial charge is 0.462 e. The first kappa shape index (κ1) is 25.9. The number of amides is 1. The Morgan fingerprint density at radius 1 is 1.08 bits per heavy atom. The van der Waals surface area contributed by atoms with Crippen molar-refractivity contribution < 1.29 is 22.7 Å². The molecule has 0 aliphatic rings. The van der Waals surface area contributed by atoms with E-state index in [2.05, 4.69) is 15.6 Å². The quantitative estimate of drug-likeness (QED) is 0.281. The van der Waals surface area contributed by atoms with Crippen LogP contribution in [0.1, 0.15) is 33.2 Å². The van der Waals surface area contributed by atoms with Crippen molar-refractivity contribution in [3.8, 4) is 12.3 Å². The second kappa shape index (κ2) is 10.8. The molecule has 8 nitrogen and oxygen atoms in total. The lowest BCUT2D eigenvalue weighted by atomic mass is 10.2. The van der Waals surface area contributed by atoms with Crippen LogP contribution in [0, 0.1) is 19.3 Å².